The van der Waals surface area contributed by atoms with Gasteiger partial charge in [0.15, 0.2) is 0 Å². The van der Waals surface area contributed by atoms with Crippen molar-refractivity contribution in [2.24, 2.45) is 11.7 Å². The summed E-state index contributed by atoms with van der Waals surface area (Å²) in [7, 11) is 0. The average Bonchev–Trinajstić information content (AvgIpc) is 2.48. The van der Waals surface area contributed by atoms with Crippen molar-refractivity contribution in [3.63, 3.8) is 0 Å². The minimum absolute atomic E-state index is 0. The second-order valence-corrected chi connectivity index (χ2v) is 4.68. The fraction of sp³-hybridized carbons (Fsp3) is 0.467. The van der Waals surface area contributed by atoms with Crippen molar-refractivity contribution < 1.29 is 9.59 Å². The first-order chi connectivity index (χ1) is 9.53. The van der Waals surface area contributed by atoms with Crippen molar-refractivity contribution in [2.45, 2.75) is 20.8 Å². The van der Waals surface area contributed by atoms with E-state index in [1.807, 2.05) is 13.8 Å². The fourth-order valence-electron chi connectivity index (χ4n) is 1.76. The van der Waals surface area contributed by atoms with Gasteiger partial charge >= 0.3 is 0 Å². The van der Waals surface area contributed by atoms with E-state index < -0.39 is 0 Å². The summed E-state index contributed by atoms with van der Waals surface area (Å²) in [4.78, 5) is 25.6. The molecule has 0 saturated heterocycles. The van der Waals surface area contributed by atoms with Gasteiger partial charge in [-0.05, 0) is 38.1 Å². The minimum Gasteiger partial charge on any atom is -0.339 e. The Balaban J connectivity index is 0.00000400. The lowest BCUT2D eigenvalue weighted by Gasteiger charge is -2.18. The molecule has 0 aliphatic rings. The average molecular weight is 314 g/mol. The van der Waals surface area contributed by atoms with Crippen LogP contribution >= 0.6 is 12.4 Å². The molecule has 118 valence electrons. The van der Waals surface area contributed by atoms with Gasteiger partial charge in [0, 0.05) is 36.8 Å². The van der Waals surface area contributed by atoms with Crippen LogP contribution in [0.25, 0.3) is 0 Å². The molecule has 0 heterocycles. The molecule has 21 heavy (non-hydrogen) atoms. The highest BCUT2D eigenvalue weighted by molar-refractivity contribution is 5.96. The van der Waals surface area contributed by atoms with Crippen molar-refractivity contribution in [1.82, 2.24) is 4.90 Å². The van der Waals surface area contributed by atoms with Crippen molar-refractivity contribution in [3.05, 3.63) is 29.8 Å². The normalized spacial score (nSPS) is 11.2. The second-order valence-electron chi connectivity index (χ2n) is 4.68. The number of anilines is 1. The summed E-state index contributed by atoms with van der Waals surface area (Å²) in [5, 5.41) is 2.77. The Labute approximate surface area is 132 Å². The summed E-state index contributed by atoms with van der Waals surface area (Å²) in [6.45, 7) is 7.34. The predicted molar refractivity (Wildman–Crippen MR) is 87.8 cm³/mol. The number of hydrogen-bond acceptors (Lipinski definition) is 3. The Morgan fingerprint density at radius 2 is 1.71 bits per heavy atom. The van der Waals surface area contributed by atoms with Gasteiger partial charge in [-0.1, -0.05) is 6.92 Å². The molecule has 1 aromatic carbocycles. The zero-order chi connectivity index (χ0) is 15.1. The summed E-state index contributed by atoms with van der Waals surface area (Å²) < 4.78 is 0. The monoisotopic (exact) mass is 313 g/mol. The van der Waals surface area contributed by atoms with Gasteiger partial charge in [0.2, 0.25) is 5.91 Å². The topological polar surface area (TPSA) is 75.4 Å². The highest BCUT2D eigenvalue weighted by Gasteiger charge is 2.13. The molecule has 0 fully saturated rings. The first-order valence-corrected chi connectivity index (χ1v) is 6.93. The van der Waals surface area contributed by atoms with Gasteiger partial charge in [-0.2, -0.15) is 0 Å². The molecule has 1 aromatic rings. The quantitative estimate of drug-likeness (QED) is 0.844. The summed E-state index contributed by atoms with van der Waals surface area (Å²) >= 11 is 0. The zero-order valence-electron chi connectivity index (χ0n) is 12.8. The maximum Gasteiger partial charge on any atom is 0.253 e. The molecule has 6 heteroatoms. The highest BCUT2D eigenvalue weighted by Crippen LogP contribution is 2.12. The third-order valence-electron chi connectivity index (χ3n) is 3.25. The first-order valence-electron chi connectivity index (χ1n) is 6.93. The maximum atomic E-state index is 12.1. The third-order valence-corrected chi connectivity index (χ3v) is 3.25. The van der Waals surface area contributed by atoms with Crippen molar-refractivity contribution in [2.75, 3.05) is 25.0 Å². The minimum atomic E-state index is -0.230. The second kappa shape index (κ2) is 9.37. The standard InChI is InChI=1S/C15H23N3O2.ClH/c1-4-18(5-2)15(20)12-6-8-13(9-7-12)17-14(19)11(3)10-16;/h6-9,11H,4-5,10,16H2,1-3H3,(H,17,19);1H. The molecule has 0 aromatic heterocycles. The molecule has 1 rings (SSSR count). The van der Waals surface area contributed by atoms with Crippen molar-refractivity contribution in [3.8, 4) is 0 Å². The number of hydrogen-bond donors (Lipinski definition) is 2. The van der Waals surface area contributed by atoms with Crippen LogP contribution in [0, 0.1) is 5.92 Å². The molecular weight excluding hydrogens is 290 g/mol. The van der Waals surface area contributed by atoms with E-state index in [1.54, 1.807) is 36.1 Å². The molecule has 0 aliphatic heterocycles. The van der Waals surface area contributed by atoms with Crippen LogP contribution in [0.4, 0.5) is 5.69 Å². The van der Waals surface area contributed by atoms with Crippen LogP contribution in [0.1, 0.15) is 31.1 Å². The van der Waals surface area contributed by atoms with Crippen LogP contribution in [0.5, 0.6) is 0 Å². The van der Waals surface area contributed by atoms with Gasteiger partial charge < -0.3 is 16.0 Å². The number of nitrogens with zero attached hydrogens (tertiary/aromatic N) is 1. The number of benzene rings is 1. The first kappa shape index (κ1) is 19.4. The van der Waals surface area contributed by atoms with Crippen LogP contribution in [-0.4, -0.2) is 36.3 Å². The Kier molecular flexibility index (Phi) is 8.66. The van der Waals surface area contributed by atoms with Gasteiger partial charge in [-0.15, -0.1) is 12.4 Å². The van der Waals surface area contributed by atoms with Crippen molar-refractivity contribution >= 4 is 29.9 Å². The maximum absolute atomic E-state index is 12.1. The Morgan fingerprint density at radius 3 is 2.14 bits per heavy atom. The molecule has 0 bridgehead atoms. The number of carbonyl (C=O) groups excluding carboxylic acids is 2. The van der Waals surface area contributed by atoms with Crippen LogP contribution in [0.15, 0.2) is 24.3 Å². The molecule has 1 unspecified atom stereocenters. The molecule has 0 aliphatic carbocycles. The van der Waals surface area contributed by atoms with Gasteiger partial charge in [-0.25, -0.2) is 0 Å². The summed E-state index contributed by atoms with van der Waals surface area (Å²) in [6.07, 6.45) is 0. The Morgan fingerprint density at radius 1 is 1.19 bits per heavy atom. The molecule has 0 saturated carbocycles. The SMILES string of the molecule is CCN(CC)C(=O)c1ccc(NC(=O)C(C)CN)cc1.Cl. The van der Waals surface area contributed by atoms with E-state index in [0.29, 0.717) is 30.9 Å². The molecule has 1 atom stereocenters. The molecule has 0 spiro atoms. The van der Waals surface area contributed by atoms with E-state index in [9.17, 15) is 9.59 Å². The Hall–Kier alpha value is -1.59. The molecule has 2 amide bonds. The van der Waals surface area contributed by atoms with Crippen LogP contribution in [-0.2, 0) is 4.79 Å². The molecule has 5 nitrogen and oxygen atoms in total. The van der Waals surface area contributed by atoms with E-state index >= 15 is 0 Å². The Bertz CT molecular complexity index is 458. The van der Waals surface area contributed by atoms with Gasteiger partial charge in [-0.3, -0.25) is 9.59 Å². The van der Waals surface area contributed by atoms with Crippen LogP contribution < -0.4 is 11.1 Å². The molecular formula is C15H24ClN3O2. The van der Waals surface area contributed by atoms with Gasteiger partial charge in [0.05, 0.1) is 0 Å². The van der Waals surface area contributed by atoms with Crippen LogP contribution in [0.2, 0.25) is 0 Å². The number of amides is 2. The van der Waals surface area contributed by atoms with E-state index in [2.05, 4.69) is 5.32 Å². The lowest BCUT2D eigenvalue weighted by atomic mass is 10.1. The van der Waals surface area contributed by atoms with Gasteiger partial charge in [0.25, 0.3) is 5.91 Å². The van der Waals surface area contributed by atoms with Gasteiger partial charge in [0.1, 0.15) is 0 Å². The van der Waals surface area contributed by atoms with E-state index in [-0.39, 0.29) is 30.1 Å². The van der Waals surface area contributed by atoms with E-state index in [0.717, 1.165) is 0 Å². The summed E-state index contributed by atoms with van der Waals surface area (Å²) in [5.74, 6) is -0.342. The number of carbonyl (C=O) groups is 2. The third kappa shape index (κ3) is 5.36. The summed E-state index contributed by atoms with van der Waals surface area (Å²) in [5.41, 5.74) is 6.74. The zero-order valence-corrected chi connectivity index (χ0v) is 13.6. The fourth-order valence-corrected chi connectivity index (χ4v) is 1.76. The lowest BCUT2D eigenvalue weighted by Crippen LogP contribution is -2.30. The largest absolute Gasteiger partial charge is 0.339 e. The molecule has 3 N–H and O–H groups in total. The van der Waals surface area contributed by atoms with Crippen LogP contribution in [0.3, 0.4) is 0 Å². The predicted octanol–water partition coefficient (Wildman–Crippen LogP) is 2.12. The van der Waals surface area contributed by atoms with Crippen molar-refractivity contribution in [1.29, 1.82) is 0 Å². The number of halogens is 1. The lowest BCUT2D eigenvalue weighted by molar-refractivity contribution is -0.119. The molecule has 0 radical (unpaired) electrons. The smallest absolute Gasteiger partial charge is 0.253 e. The summed E-state index contributed by atoms with van der Waals surface area (Å²) in [6, 6.07) is 6.92. The highest BCUT2D eigenvalue weighted by atomic mass is 35.5. The number of nitrogens with one attached hydrogen (secondary N) is 1. The van der Waals surface area contributed by atoms with E-state index in [4.69, 9.17) is 5.73 Å². The number of nitrogens with two attached hydrogens (primary N) is 1. The van der Waals surface area contributed by atoms with E-state index in [1.165, 1.54) is 0 Å². The number of rotatable bonds is 6.